The van der Waals surface area contributed by atoms with Crippen molar-refractivity contribution in [2.75, 3.05) is 35.1 Å². The monoisotopic (exact) mass is 498 g/mol. The van der Waals surface area contributed by atoms with E-state index in [1.165, 1.54) is 35.7 Å². The van der Waals surface area contributed by atoms with E-state index in [0.717, 1.165) is 0 Å². The van der Waals surface area contributed by atoms with Crippen LogP contribution >= 0.6 is 0 Å². The Bertz CT molecular complexity index is 1300. The van der Waals surface area contributed by atoms with Gasteiger partial charge in [0, 0.05) is 25.6 Å². The molecule has 10 nitrogen and oxygen atoms in total. The third-order valence-electron chi connectivity index (χ3n) is 5.13. The third kappa shape index (κ3) is 6.07. The molecule has 184 valence electrons. The summed E-state index contributed by atoms with van der Waals surface area (Å²) in [6, 6.07) is 19.1. The topological polar surface area (TPSA) is 131 Å². The molecule has 35 heavy (non-hydrogen) atoms. The summed E-state index contributed by atoms with van der Waals surface area (Å²) < 4.78 is 33.2. The van der Waals surface area contributed by atoms with E-state index in [-0.39, 0.29) is 35.8 Å². The molecule has 0 saturated heterocycles. The number of sulfonamides is 1. The van der Waals surface area contributed by atoms with Gasteiger partial charge in [-0.3, -0.25) is 19.2 Å². The van der Waals surface area contributed by atoms with E-state index in [4.69, 9.17) is 4.74 Å². The van der Waals surface area contributed by atoms with Crippen LogP contribution in [-0.4, -0.2) is 39.4 Å². The second kappa shape index (κ2) is 11.3. The zero-order valence-electron chi connectivity index (χ0n) is 19.3. The van der Waals surface area contributed by atoms with Crippen molar-refractivity contribution in [2.45, 2.75) is 18.2 Å². The van der Waals surface area contributed by atoms with Crippen molar-refractivity contribution >= 4 is 38.7 Å². The van der Waals surface area contributed by atoms with E-state index in [1.54, 1.807) is 55.5 Å². The number of carbonyl (C=O) groups is 1. The number of carbonyl (C=O) groups excluding carboxylic acids is 1. The fraction of sp³-hybridized carbons (Fsp3) is 0.208. The van der Waals surface area contributed by atoms with E-state index in [1.807, 2.05) is 0 Å². The van der Waals surface area contributed by atoms with Gasteiger partial charge in [-0.25, -0.2) is 8.42 Å². The van der Waals surface area contributed by atoms with E-state index in [2.05, 4.69) is 10.6 Å². The second-order valence-electron chi connectivity index (χ2n) is 7.37. The molecule has 0 unspecified atom stereocenters. The van der Waals surface area contributed by atoms with Crippen LogP contribution in [0.2, 0.25) is 0 Å². The highest BCUT2D eigenvalue weighted by Gasteiger charge is 2.25. The number of methoxy groups -OCH3 is 1. The molecule has 0 bridgehead atoms. The number of ether oxygens (including phenoxy) is 1. The number of para-hydroxylation sites is 3. The lowest BCUT2D eigenvalue weighted by Crippen LogP contribution is -2.30. The first-order valence-electron chi connectivity index (χ1n) is 10.8. The summed E-state index contributed by atoms with van der Waals surface area (Å²) in [5, 5.41) is 16.7. The zero-order valence-corrected chi connectivity index (χ0v) is 20.1. The first-order valence-corrected chi connectivity index (χ1v) is 12.2. The Hall–Kier alpha value is -4.12. The molecule has 0 fully saturated rings. The van der Waals surface area contributed by atoms with E-state index in [0.29, 0.717) is 17.1 Å². The van der Waals surface area contributed by atoms with E-state index in [9.17, 15) is 23.3 Å². The molecular weight excluding hydrogens is 472 g/mol. The quantitative estimate of drug-likeness (QED) is 0.298. The number of nitro groups is 1. The van der Waals surface area contributed by atoms with Gasteiger partial charge in [0.2, 0.25) is 5.91 Å². The number of rotatable bonds is 11. The van der Waals surface area contributed by atoms with Gasteiger partial charge in [-0.15, -0.1) is 0 Å². The molecule has 11 heteroatoms. The van der Waals surface area contributed by atoms with Gasteiger partial charge in [0.1, 0.15) is 11.4 Å². The Morgan fingerprint density at radius 3 is 2.37 bits per heavy atom. The molecule has 0 saturated carbocycles. The minimum absolute atomic E-state index is 0.00246. The highest BCUT2D eigenvalue weighted by atomic mass is 32.2. The molecule has 0 aromatic heterocycles. The van der Waals surface area contributed by atoms with Crippen molar-refractivity contribution in [1.29, 1.82) is 0 Å². The van der Waals surface area contributed by atoms with Gasteiger partial charge in [0.25, 0.3) is 15.7 Å². The largest absolute Gasteiger partial charge is 0.495 e. The summed E-state index contributed by atoms with van der Waals surface area (Å²) in [7, 11) is -2.49. The van der Waals surface area contributed by atoms with E-state index >= 15 is 0 Å². The van der Waals surface area contributed by atoms with Gasteiger partial charge in [-0.2, -0.15) is 0 Å². The first kappa shape index (κ1) is 25.5. The number of amides is 1. The van der Waals surface area contributed by atoms with Gasteiger partial charge >= 0.3 is 0 Å². The summed E-state index contributed by atoms with van der Waals surface area (Å²) in [6.45, 7) is 2.09. The summed E-state index contributed by atoms with van der Waals surface area (Å²) in [6.07, 6.45) is -0.0166. The molecule has 0 radical (unpaired) electrons. The molecule has 0 aliphatic rings. The maximum atomic E-state index is 13.3. The van der Waals surface area contributed by atoms with Crippen molar-refractivity contribution in [2.24, 2.45) is 0 Å². The Morgan fingerprint density at radius 2 is 1.71 bits per heavy atom. The van der Waals surface area contributed by atoms with Crippen LogP contribution < -0.4 is 19.7 Å². The van der Waals surface area contributed by atoms with E-state index < -0.39 is 20.9 Å². The number of hydrogen-bond donors (Lipinski definition) is 2. The standard InChI is InChI=1S/C24H26N4O6S/c1-3-27(18-9-5-4-6-10-18)35(32,33)19-13-14-23(34-2)21(17-19)26-24(29)15-16-25-20-11-7-8-12-22(20)28(30)31/h4-14,17,25H,3,15-16H2,1-2H3,(H,26,29). The molecule has 2 N–H and O–H groups in total. The van der Waals surface area contributed by atoms with Crippen LogP contribution in [0.4, 0.5) is 22.7 Å². The normalized spacial score (nSPS) is 10.9. The highest BCUT2D eigenvalue weighted by molar-refractivity contribution is 7.92. The molecule has 0 aliphatic heterocycles. The number of hydrogen-bond acceptors (Lipinski definition) is 7. The van der Waals surface area contributed by atoms with Gasteiger partial charge < -0.3 is 15.4 Å². The molecule has 3 aromatic rings. The van der Waals surface area contributed by atoms with Crippen LogP contribution in [-0.2, 0) is 14.8 Å². The summed E-state index contributed by atoms with van der Waals surface area (Å²) in [5.74, 6) is -0.119. The van der Waals surface area contributed by atoms with Crippen molar-refractivity contribution in [3.63, 3.8) is 0 Å². The molecule has 0 aliphatic carbocycles. The fourth-order valence-electron chi connectivity index (χ4n) is 3.46. The van der Waals surface area contributed by atoms with Crippen LogP contribution in [0.5, 0.6) is 5.75 Å². The van der Waals surface area contributed by atoms with Crippen LogP contribution in [0, 0.1) is 10.1 Å². The second-order valence-corrected chi connectivity index (χ2v) is 9.23. The van der Waals surface area contributed by atoms with Gasteiger partial charge in [0.15, 0.2) is 0 Å². The predicted molar refractivity (Wildman–Crippen MR) is 134 cm³/mol. The number of nitro benzene ring substituents is 1. The molecular formula is C24H26N4O6S. The molecule has 0 heterocycles. The average molecular weight is 499 g/mol. The van der Waals surface area contributed by atoms with Crippen LogP contribution in [0.3, 0.4) is 0 Å². The SMILES string of the molecule is CCN(c1ccccc1)S(=O)(=O)c1ccc(OC)c(NC(=O)CCNc2ccccc2[N+](=O)[O-])c1. The lowest BCUT2D eigenvalue weighted by Gasteiger charge is -2.23. The summed E-state index contributed by atoms with van der Waals surface area (Å²) >= 11 is 0. The number of nitrogens with one attached hydrogen (secondary N) is 2. The fourth-order valence-corrected chi connectivity index (χ4v) is 4.96. The molecule has 3 rings (SSSR count). The van der Waals surface area contributed by atoms with Crippen molar-refractivity contribution in [3.05, 3.63) is 82.9 Å². The minimum atomic E-state index is -3.90. The lowest BCUT2D eigenvalue weighted by molar-refractivity contribution is -0.384. The highest BCUT2D eigenvalue weighted by Crippen LogP contribution is 2.31. The molecule has 3 aromatic carbocycles. The number of benzene rings is 3. The van der Waals surface area contributed by atoms with Crippen molar-refractivity contribution in [1.82, 2.24) is 0 Å². The minimum Gasteiger partial charge on any atom is -0.495 e. The summed E-state index contributed by atoms with van der Waals surface area (Å²) in [5.41, 5.74) is 0.939. The van der Waals surface area contributed by atoms with Gasteiger partial charge in [0.05, 0.1) is 28.3 Å². The third-order valence-corrected chi connectivity index (χ3v) is 7.03. The van der Waals surface area contributed by atoms with Gasteiger partial charge in [-0.05, 0) is 43.3 Å². The van der Waals surface area contributed by atoms with Gasteiger partial charge in [-0.1, -0.05) is 30.3 Å². The maximum absolute atomic E-state index is 13.3. The van der Waals surface area contributed by atoms with Crippen LogP contribution in [0.15, 0.2) is 77.7 Å². The number of anilines is 3. The number of nitrogens with zero attached hydrogens (tertiary/aromatic N) is 2. The zero-order chi connectivity index (χ0) is 25.4. The maximum Gasteiger partial charge on any atom is 0.292 e. The molecule has 0 spiro atoms. The Balaban J connectivity index is 1.75. The van der Waals surface area contributed by atoms with Crippen molar-refractivity contribution in [3.8, 4) is 5.75 Å². The Kier molecular flexibility index (Phi) is 8.26. The Labute approximate surface area is 203 Å². The first-order chi connectivity index (χ1) is 16.8. The molecule has 0 atom stereocenters. The lowest BCUT2D eigenvalue weighted by atomic mass is 10.2. The average Bonchev–Trinajstić information content (AvgIpc) is 2.85. The predicted octanol–water partition coefficient (Wildman–Crippen LogP) is 4.26. The summed E-state index contributed by atoms with van der Waals surface area (Å²) in [4.78, 5) is 23.2. The van der Waals surface area contributed by atoms with Crippen LogP contribution in [0.1, 0.15) is 13.3 Å². The molecule has 1 amide bonds. The van der Waals surface area contributed by atoms with Crippen molar-refractivity contribution < 1.29 is 22.9 Å². The smallest absolute Gasteiger partial charge is 0.292 e. The van der Waals surface area contributed by atoms with Crippen LogP contribution in [0.25, 0.3) is 0 Å². The Morgan fingerprint density at radius 1 is 1.03 bits per heavy atom.